The van der Waals surface area contributed by atoms with Crippen molar-refractivity contribution in [1.82, 2.24) is 5.01 Å². The molecule has 0 spiro atoms. The number of halogens is 1. The number of para-hydroxylation sites is 2. The molecule has 2 aromatic carbocycles. The van der Waals surface area contributed by atoms with Gasteiger partial charge < -0.3 is 9.64 Å². The molecule has 0 amide bonds. The van der Waals surface area contributed by atoms with Crippen LogP contribution in [0.15, 0.2) is 53.6 Å². The summed E-state index contributed by atoms with van der Waals surface area (Å²) >= 11 is 0. The molecule has 0 saturated carbocycles. The van der Waals surface area contributed by atoms with E-state index in [9.17, 15) is 4.39 Å². The summed E-state index contributed by atoms with van der Waals surface area (Å²) in [5.41, 5.74) is 2.02. The zero-order chi connectivity index (χ0) is 16.1. The number of nitrogens with zero attached hydrogens (tertiary/aromatic N) is 3. The molecule has 5 heteroatoms. The van der Waals surface area contributed by atoms with E-state index in [1.165, 1.54) is 12.1 Å². The molecule has 120 valence electrons. The van der Waals surface area contributed by atoms with Crippen LogP contribution in [0.3, 0.4) is 0 Å². The fourth-order valence-corrected chi connectivity index (χ4v) is 2.64. The van der Waals surface area contributed by atoms with Crippen LogP contribution in [0.25, 0.3) is 0 Å². The van der Waals surface area contributed by atoms with Crippen molar-refractivity contribution in [2.45, 2.75) is 0 Å². The van der Waals surface area contributed by atoms with Gasteiger partial charge in [0.2, 0.25) is 0 Å². The number of ether oxygens (including phenoxy) is 1. The van der Waals surface area contributed by atoms with Gasteiger partial charge in [-0.3, -0.25) is 5.01 Å². The molecule has 1 aliphatic heterocycles. The van der Waals surface area contributed by atoms with Crippen LogP contribution in [-0.4, -0.2) is 44.5 Å². The minimum Gasteiger partial charge on any atom is -0.495 e. The first-order valence-electron chi connectivity index (χ1n) is 7.69. The number of methoxy groups -OCH3 is 1. The van der Waals surface area contributed by atoms with Gasteiger partial charge in [-0.05, 0) is 29.8 Å². The molecule has 0 atom stereocenters. The van der Waals surface area contributed by atoms with Gasteiger partial charge in [0.15, 0.2) is 0 Å². The predicted molar refractivity (Wildman–Crippen MR) is 90.8 cm³/mol. The zero-order valence-corrected chi connectivity index (χ0v) is 13.2. The SMILES string of the molecule is COc1ccccc1N1CCN(/N=C/c2ccc(F)cc2)CC1. The van der Waals surface area contributed by atoms with E-state index in [0.29, 0.717) is 0 Å². The first-order valence-corrected chi connectivity index (χ1v) is 7.69. The maximum atomic E-state index is 12.9. The monoisotopic (exact) mass is 313 g/mol. The highest BCUT2D eigenvalue weighted by molar-refractivity contribution is 5.79. The van der Waals surface area contributed by atoms with E-state index in [0.717, 1.165) is 43.2 Å². The summed E-state index contributed by atoms with van der Waals surface area (Å²) in [4.78, 5) is 2.31. The molecule has 0 bridgehead atoms. The van der Waals surface area contributed by atoms with Gasteiger partial charge in [-0.15, -0.1) is 0 Å². The van der Waals surface area contributed by atoms with Crippen LogP contribution in [0.5, 0.6) is 5.75 Å². The van der Waals surface area contributed by atoms with E-state index in [-0.39, 0.29) is 5.82 Å². The Kier molecular flexibility index (Phi) is 4.76. The average Bonchev–Trinajstić information content (AvgIpc) is 2.62. The van der Waals surface area contributed by atoms with E-state index in [2.05, 4.69) is 16.1 Å². The van der Waals surface area contributed by atoms with Gasteiger partial charge >= 0.3 is 0 Å². The van der Waals surface area contributed by atoms with Gasteiger partial charge in [0, 0.05) is 13.1 Å². The quantitative estimate of drug-likeness (QED) is 0.812. The lowest BCUT2D eigenvalue weighted by atomic mass is 10.2. The summed E-state index contributed by atoms with van der Waals surface area (Å²) in [5.74, 6) is 0.670. The number of benzene rings is 2. The summed E-state index contributed by atoms with van der Waals surface area (Å²) in [7, 11) is 1.70. The van der Waals surface area contributed by atoms with Gasteiger partial charge in [0.25, 0.3) is 0 Å². The Morgan fingerprint density at radius 1 is 1.00 bits per heavy atom. The third-order valence-electron chi connectivity index (χ3n) is 3.92. The first-order chi connectivity index (χ1) is 11.3. The van der Waals surface area contributed by atoms with Crippen LogP contribution in [-0.2, 0) is 0 Å². The van der Waals surface area contributed by atoms with Crippen molar-refractivity contribution in [3.63, 3.8) is 0 Å². The Hall–Kier alpha value is -2.56. The van der Waals surface area contributed by atoms with Gasteiger partial charge in [-0.1, -0.05) is 24.3 Å². The molecule has 0 radical (unpaired) electrons. The molecule has 23 heavy (non-hydrogen) atoms. The van der Waals surface area contributed by atoms with E-state index < -0.39 is 0 Å². The largest absolute Gasteiger partial charge is 0.495 e. The molecule has 0 aliphatic carbocycles. The molecular formula is C18H20FN3O. The van der Waals surface area contributed by atoms with Crippen molar-refractivity contribution in [3.8, 4) is 5.75 Å². The third-order valence-corrected chi connectivity index (χ3v) is 3.92. The van der Waals surface area contributed by atoms with Gasteiger partial charge in [-0.2, -0.15) is 5.10 Å². The lowest BCUT2D eigenvalue weighted by Gasteiger charge is -2.35. The number of rotatable bonds is 4. The highest BCUT2D eigenvalue weighted by Gasteiger charge is 2.18. The number of hydrogen-bond donors (Lipinski definition) is 0. The van der Waals surface area contributed by atoms with Gasteiger partial charge in [0.1, 0.15) is 11.6 Å². The molecular weight excluding hydrogens is 293 g/mol. The van der Waals surface area contributed by atoms with E-state index in [1.807, 2.05) is 23.2 Å². The topological polar surface area (TPSA) is 28.1 Å². The van der Waals surface area contributed by atoms with E-state index in [1.54, 1.807) is 25.5 Å². The van der Waals surface area contributed by atoms with Crippen molar-refractivity contribution in [2.75, 3.05) is 38.2 Å². The standard InChI is InChI=1S/C18H20FN3O/c1-23-18-5-3-2-4-17(18)21-10-12-22(13-11-21)20-14-15-6-8-16(19)9-7-15/h2-9,14H,10-13H2,1H3/b20-14+. The molecule has 1 heterocycles. The van der Waals surface area contributed by atoms with Crippen LogP contribution in [0, 0.1) is 5.82 Å². The summed E-state index contributed by atoms with van der Waals surface area (Å²) < 4.78 is 18.3. The average molecular weight is 313 g/mol. The number of anilines is 1. The minimum absolute atomic E-state index is 0.229. The van der Waals surface area contributed by atoms with Crippen molar-refractivity contribution in [2.24, 2.45) is 5.10 Å². The molecule has 1 fully saturated rings. The first kappa shape index (κ1) is 15.3. The van der Waals surface area contributed by atoms with Crippen molar-refractivity contribution < 1.29 is 9.13 Å². The second kappa shape index (κ2) is 7.13. The van der Waals surface area contributed by atoms with E-state index in [4.69, 9.17) is 4.74 Å². The summed E-state index contributed by atoms with van der Waals surface area (Å²) in [5, 5.41) is 6.52. The fraction of sp³-hybridized carbons (Fsp3) is 0.278. The smallest absolute Gasteiger partial charge is 0.142 e. The molecule has 0 N–H and O–H groups in total. The maximum absolute atomic E-state index is 12.9. The second-order valence-electron chi connectivity index (χ2n) is 5.41. The third kappa shape index (κ3) is 3.80. The summed E-state index contributed by atoms with van der Waals surface area (Å²) in [6.45, 7) is 3.47. The molecule has 0 unspecified atom stereocenters. The Morgan fingerprint density at radius 2 is 1.70 bits per heavy atom. The van der Waals surface area contributed by atoms with Gasteiger partial charge in [-0.25, -0.2) is 4.39 Å². The van der Waals surface area contributed by atoms with Gasteiger partial charge in [0.05, 0.1) is 32.1 Å². The highest BCUT2D eigenvalue weighted by atomic mass is 19.1. The second-order valence-corrected chi connectivity index (χ2v) is 5.41. The van der Waals surface area contributed by atoms with Crippen molar-refractivity contribution in [3.05, 3.63) is 59.9 Å². The molecule has 2 aromatic rings. The number of piperazine rings is 1. The van der Waals surface area contributed by atoms with E-state index >= 15 is 0 Å². The molecule has 0 aromatic heterocycles. The van der Waals surface area contributed by atoms with Crippen molar-refractivity contribution >= 4 is 11.9 Å². The number of hydrazone groups is 1. The van der Waals surface area contributed by atoms with Crippen LogP contribution in [0.4, 0.5) is 10.1 Å². The molecule has 1 saturated heterocycles. The van der Waals surface area contributed by atoms with Crippen LogP contribution in [0.2, 0.25) is 0 Å². The fourth-order valence-electron chi connectivity index (χ4n) is 2.64. The molecule has 1 aliphatic rings. The Labute approximate surface area is 135 Å². The van der Waals surface area contributed by atoms with Crippen LogP contribution < -0.4 is 9.64 Å². The molecule has 4 nitrogen and oxygen atoms in total. The highest BCUT2D eigenvalue weighted by Crippen LogP contribution is 2.28. The lowest BCUT2D eigenvalue weighted by molar-refractivity contribution is 0.271. The van der Waals surface area contributed by atoms with Crippen molar-refractivity contribution in [1.29, 1.82) is 0 Å². The normalized spacial score (nSPS) is 15.2. The Morgan fingerprint density at radius 3 is 2.39 bits per heavy atom. The minimum atomic E-state index is -0.229. The number of hydrogen-bond acceptors (Lipinski definition) is 4. The maximum Gasteiger partial charge on any atom is 0.142 e. The van der Waals surface area contributed by atoms with Crippen LogP contribution >= 0.6 is 0 Å². The predicted octanol–water partition coefficient (Wildman–Crippen LogP) is 2.99. The Bertz CT molecular complexity index is 664. The van der Waals surface area contributed by atoms with Crippen LogP contribution in [0.1, 0.15) is 5.56 Å². The summed E-state index contributed by atoms with van der Waals surface area (Å²) in [6, 6.07) is 14.4. The molecule has 3 rings (SSSR count). The summed E-state index contributed by atoms with van der Waals surface area (Å²) in [6.07, 6.45) is 1.78. The zero-order valence-electron chi connectivity index (χ0n) is 13.2. The Balaban J connectivity index is 1.59. The lowest BCUT2D eigenvalue weighted by Crippen LogP contribution is -2.44.